The van der Waals surface area contributed by atoms with Crippen molar-refractivity contribution in [2.75, 3.05) is 26.2 Å². The molecule has 1 aliphatic heterocycles. The quantitative estimate of drug-likeness (QED) is 0.723. The largest absolute Gasteiger partial charge is 0.356 e. The van der Waals surface area contributed by atoms with Crippen LogP contribution in [0, 0.1) is 11.8 Å². The van der Waals surface area contributed by atoms with Gasteiger partial charge in [0.05, 0.1) is 0 Å². The molecule has 1 N–H and O–H groups in total. The van der Waals surface area contributed by atoms with E-state index < -0.39 is 0 Å². The molecule has 1 rings (SSSR count). The Morgan fingerprint density at radius 3 is 2.35 bits per heavy atom. The number of hydrogen-bond acceptors (Lipinski definition) is 2. The van der Waals surface area contributed by atoms with Gasteiger partial charge in [-0.2, -0.15) is 0 Å². The molecule has 1 heterocycles. The Bertz CT molecular complexity index is 233. The molecule has 1 saturated heterocycles. The highest BCUT2D eigenvalue weighted by atomic mass is 16.1. The molecule has 3 heteroatoms. The van der Waals surface area contributed by atoms with Crippen LogP contribution in [0.1, 0.15) is 66.7 Å². The number of hydrogen-bond donors (Lipinski definition) is 1. The molecule has 120 valence electrons. The van der Waals surface area contributed by atoms with Crippen molar-refractivity contribution in [1.82, 2.24) is 10.2 Å². The summed E-state index contributed by atoms with van der Waals surface area (Å²) in [4.78, 5) is 14.0. The van der Waals surface area contributed by atoms with Crippen molar-refractivity contribution in [3.05, 3.63) is 0 Å². The van der Waals surface area contributed by atoms with Gasteiger partial charge in [-0.1, -0.05) is 34.6 Å². The fourth-order valence-corrected chi connectivity index (χ4v) is 2.42. The molecule has 3 nitrogen and oxygen atoms in total. The predicted molar refractivity (Wildman–Crippen MR) is 87.9 cm³/mol. The van der Waals surface area contributed by atoms with Crippen LogP contribution in [0.2, 0.25) is 0 Å². The molecule has 0 bridgehead atoms. The van der Waals surface area contributed by atoms with Crippen molar-refractivity contribution in [3.63, 3.8) is 0 Å². The zero-order valence-corrected chi connectivity index (χ0v) is 14.4. The molecule has 0 saturated carbocycles. The van der Waals surface area contributed by atoms with Crippen LogP contribution >= 0.6 is 0 Å². The van der Waals surface area contributed by atoms with E-state index in [1.54, 1.807) is 0 Å². The van der Waals surface area contributed by atoms with E-state index in [-0.39, 0.29) is 5.91 Å². The van der Waals surface area contributed by atoms with Gasteiger partial charge in [0.25, 0.3) is 0 Å². The highest BCUT2D eigenvalue weighted by Crippen LogP contribution is 2.15. The lowest BCUT2D eigenvalue weighted by molar-refractivity contribution is -0.121. The number of piperidine rings is 1. The highest BCUT2D eigenvalue weighted by molar-refractivity contribution is 5.75. The van der Waals surface area contributed by atoms with Gasteiger partial charge in [0.15, 0.2) is 0 Å². The minimum Gasteiger partial charge on any atom is -0.356 e. The monoisotopic (exact) mass is 284 g/mol. The Kier molecular flexibility index (Phi) is 11.8. The molecule has 0 spiro atoms. The third kappa shape index (κ3) is 10.2. The third-order valence-electron chi connectivity index (χ3n) is 3.69. The van der Waals surface area contributed by atoms with Crippen LogP contribution in [0.3, 0.4) is 0 Å². The number of nitrogens with one attached hydrogen (secondary N) is 1. The van der Waals surface area contributed by atoms with Gasteiger partial charge in [-0.05, 0) is 57.2 Å². The molecule has 0 aliphatic carbocycles. The number of carbonyl (C=O) groups is 1. The van der Waals surface area contributed by atoms with E-state index in [0.717, 1.165) is 18.9 Å². The first-order valence-electron chi connectivity index (χ1n) is 8.57. The van der Waals surface area contributed by atoms with E-state index in [9.17, 15) is 4.79 Å². The van der Waals surface area contributed by atoms with E-state index in [4.69, 9.17) is 0 Å². The SMILES string of the molecule is CC.CC(C)CC(=O)NCCCCN1CCC(C)CC1. The Labute approximate surface area is 126 Å². The molecule has 0 aromatic heterocycles. The van der Waals surface area contributed by atoms with Crippen LogP contribution in [-0.4, -0.2) is 37.0 Å². The van der Waals surface area contributed by atoms with Crippen LogP contribution in [0.25, 0.3) is 0 Å². The standard InChI is InChI=1S/C15H30N2O.C2H6/c1-13(2)12-15(18)16-8-4-5-9-17-10-6-14(3)7-11-17;1-2/h13-14H,4-12H2,1-3H3,(H,16,18);1-2H3. The van der Waals surface area contributed by atoms with Crippen molar-refractivity contribution in [2.24, 2.45) is 11.8 Å². The van der Waals surface area contributed by atoms with Crippen LogP contribution in [0.4, 0.5) is 0 Å². The average molecular weight is 284 g/mol. The lowest BCUT2D eigenvalue weighted by Gasteiger charge is -2.30. The van der Waals surface area contributed by atoms with Gasteiger partial charge in [-0.3, -0.25) is 4.79 Å². The predicted octanol–water partition coefficient (Wildman–Crippen LogP) is 3.69. The zero-order valence-electron chi connectivity index (χ0n) is 14.4. The van der Waals surface area contributed by atoms with Gasteiger partial charge >= 0.3 is 0 Å². The lowest BCUT2D eigenvalue weighted by Crippen LogP contribution is -2.34. The minimum absolute atomic E-state index is 0.205. The second kappa shape index (κ2) is 12.2. The van der Waals surface area contributed by atoms with E-state index in [1.807, 2.05) is 13.8 Å². The van der Waals surface area contributed by atoms with E-state index in [1.165, 1.54) is 38.9 Å². The highest BCUT2D eigenvalue weighted by Gasteiger charge is 2.14. The minimum atomic E-state index is 0.205. The Balaban J connectivity index is 0.00000172. The maximum absolute atomic E-state index is 11.4. The summed E-state index contributed by atoms with van der Waals surface area (Å²) in [5, 5.41) is 3.00. The molecule has 0 aromatic carbocycles. The van der Waals surface area contributed by atoms with E-state index in [2.05, 4.69) is 31.0 Å². The number of likely N-dealkylation sites (tertiary alicyclic amines) is 1. The van der Waals surface area contributed by atoms with Gasteiger partial charge in [0.1, 0.15) is 0 Å². The van der Waals surface area contributed by atoms with Crippen LogP contribution in [0.5, 0.6) is 0 Å². The second-order valence-electron chi connectivity index (χ2n) is 6.18. The third-order valence-corrected chi connectivity index (χ3v) is 3.69. The summed E-state index contributed by atoms with van der Waals surface area (Å²) >= 11 is 0. The van der Waals surface area contributed by atoms with Gasteiger partial charge in [0.2, 0.25) is 5.91 Å². The first-order valence-corrected chi connectivity index (χ1v) is 8.57. The van der Waals surface area contributed by atoms with Crippen LogP contribution in [-0.2, 0) is 4.79 Å². The van der Waals surface area contributed by atoms with E-state index >= 15 is 0 Å². The summed E-state index contributed by atoms with van der Waals surface area (Å²) in [7, 11) is 0. The summed E-state index contributed by atoms with van der Waals surface area (Å²) in [5.41, 5.74) is 0. The number of amides is 1. The van der Waals surface area contributed by atoms with Gasteiger partial charge in [0, 0.05) is 13.0 Å². The Hall–Kier alpha value is -0.570. The van der Waals surface area contributed by atoms with Crippen molar-refractivity contribution < 1.29 is 4.79 Å². The molecule has 0 radical (unpaired) electrons. The first kappa shape index (κ1) is 19.4. The molecular formula is C17H36N2O. The number of nitrogens with zero attached hydrogens (tertiary/aromatic N) is 1. The van der Waals surface area contributed by atoms with Crippen LogP contribution in [0.15, 0.2) is 0 Å². The average Bonchev–Trinajstić information content (AvgIpc) is 2.42. The zero-order chi connectivity index (χ0) is 15.4. The van der Waals surface area contributed by atoms with Crippen LogP contribution < -0.4 is 5.32 Å². The maximum atomic E-state index is 11.4. The van der Waals surface area contributed by atoms with Crippen molar-refractivity contribution >= 4 is 5.91 Å². The molecular weight excluding hydrogens is 248 g/mol. The van der Waals surface area contributed by atoms with Gasteiger partial charge in [-0.15, -0.1) is 0 Å². The summed E-state index contributed by atoms with van der Waals surface area (Å²) in [6, 6.07) is 0. The molecule has 0 atom stereocenters. The molecule has 1 aliphatic rings. The normalized spacial score (nSPS) is 16.7. The topological polar surface area (TPSA) is 32.3 Å². The Morgan fingerprint density at radius 1 is 1.20 bits per heavy atom. The molecule has 20 heavy (non-hydrogen) atoms. The lowest BCUT2D eigenvalue weighted by atomic mass is 9.99. The fourth-order valence-electron chi connectivity index (χ4n) is 2.42. The fraction of sp³-hybridized carbons (Fsp3) is 0.941. The summed E-state index contributed by atoms with van der Waals surface area (Å²) in [6.07, 6.45) is 5.67. The molecule has 0 aromatic rings. The van der Waals surface area contributed by atoms with Gasteiger partial charge in [-0.25, -0.2) is 0 Å². The maximum Gasteiger partial charge on any atom is 0.220 e. The first-order chi connectivity index (χ1) is 9.58. The van der Waals surface area contributed by atoms with Crippen molar-refractivity contribution in [1.29, 1.82) is 0 Å². The molecule has 0 unspecified atom stereocenters. The van der Waals surface area contributed by atoms with Gasteiger partial charge < -0.3 is 10.2 Å². The van der Waals surface area contributed by atoms with Crippen molar-refractivity contribution in [2.45, 2.75) is 66.7 Å². The Morgan fingerprint density at radius 2 is 1.80 bits per heavy atom. The smallest absolute Gasteiger partial charge is 0.220 e. The van der Waals surface area contributed by atoms with Crippen molar-refractivity contribution in [3.8, 4) is 0 Å². The number of rotatable bonds is 7. The number of unbranched alkanes of at least 4 members (excludes halogenated alkanes) is 1. The molecule has 1 fully saturated rings. The second-order valence-corrected chi connectivity index (χ2v) is 6.18. The summed E-state index contributed by atoms with van der Waals surface area (Å²) in [5.74, 6) is 1.58. The molecule has 1 amide bonds. The van der Waals surface area contributed by atoms with E-state index in [0.29, 0.717) is 12.3 Å². The number of carbonyl (C=O) groups excluding carboxylic acids is 1. The summed E-state index contributed by atoms with van der Waals surface area (Å²) in [6.45, 7) is 15.1. The summed E-state index contributed by atoms with van der Waals surface area (Å²) < 4.78 is 0.